The quantitative estimate of drug-likeness (QED) is 0.0350. The molecule has 7 rings (SSSR count). The monoisotopic (exact) mass is 821 g/mol. The number of hydrogen-bond donors (Lipinski definition) is 4. The molecule has 1 unspecified atom stereocenters. The molecule has 19 heteroatoms. The van der Waals surface area contributed by atoms with Gasteiger partial charge >= 0.3 is 12.6 Å². The number of anilines is 1. The second-order valence-electron chi connectivity index (χ2n) is 11.9. The zero-order chi connectivity index (χ0) is 38.5. The molecule has 2 atom stereocenters. The van der Waals surface area contributed by atoms with E-state index >= 15 is 0 Å². The van der Waals surface area contributed by atoms with Crippen LogP contribution in [-0.2, 0) is 31.4 Å². The molecular weight excluding hydrogens is 793 g/mol. The number of hydrogen-bond acceptors (Lipinski definition) is 14. The first-order valence-electron chi connectivity index (χ1n) is 16.4. The highest BCUT2D eigenvalue weighted by Crippen LogP contribution is 2.43. The van der Waals surface area contributed by atoms with E-state index in [1.165, 1.54) is 28.9 Å². The lowest BCUT2D eigenvalue weighted by Crippen LogP contribution is -2.71. The minimum atomic E-state index is -3.36. The van der Waals surface area contributed by atoms with Crippen molar-refractivity contribution in [2.75, 3.05) is 16.8 Å². The molecule has 1 fully saturated rings. The van der Waals surface area contributed by atoms with E-state index in [-0.39, 0.29) is 35.3 Å². The van der Waals surface area contributed by atoms with E-state index in [0.717, 1.165) is 44.5 Å². The second kappa shape index (κ2) is 16.7. The molecule has 0 saturated carbocycles. The largest absolute Gasteiger partial charge is 0.477 e. The van der Waals surface area contributed by atoms with Gasteiger partial charge in [-0.3, -0.25) is 14.5 Å². The van der Waals surface area contributed by atoms with Crippen molar-refractivity contribution in [1.82, 2.24) is 24.6 Å². The molecule has 4 N–H and O–H groups in total. The van der Waals surface area contributed by atoms with Crippen LogP contribution in [0.15, 0.2) is 117 Å². The first-order valence-corrected chi connectivity index (χ1v) is 20.1. The molecule has 0 radical (unpaired) electrons. The van der Waals surface area contributed by atoms with Crippen LogP contribution in [0.1, 0.15) is 28.2 Å². The summed E-state index contributed by atoms with van der Waals surface area (Å²) in [4.78, 5) is 53.6. The number of β-lactam (4-membered cyclic amide) rings is 1. The van der Waals surface area contributed by atoms with Gasteiger partial charge in [-0.2, -0.15) is 13.2 Å². The lowest BCUT2D eigenvalue weighted by Gasteiger charge is -2.49. The lowest BCUT2D eigenvalue weighted by atomic mass is 9.77. The number of aliphatic carboxylic acids is 1. The number of carboxylic acid groups (broad SMARTS) is 1. The normalized spacial score (nSPS) is 17.1. The fourth-order valence-corrected chi connectivity index (χ4v) is 10.1. The Balaban J connectivity index is 1.14. The number of fused-ring (bicyclic) bond motifs is 1. The zero-order valence-corrected chi connectivity index (χ0v) is 31.5. The number of thioether (sulfide) groups is 2. The van der Waals surface area contributed by atoms with Crippen LogP contribution >= 0.6 is 46.4 Å². The summed E-state index contributed by atoms with van der Waals surface area (Å²) in [5, 5.41) is 29.9. The van der Waals surface area contributed by atoms with Crippen molar-refractivity contribution in [2.24, 2.45) is 5.16 Å². The molecule has 3 aromatic carbocycles. The Kier molecular flexibility index (Phi) is 11.5. The summed E-state index contributed by atoms with van der Waals surface area (Å²) in [6, 6.07) is 27.8. The van der Waals surface area contributed by atoms with Crippen LogP contribution in [-0.4, -0.2) is 82.5 Å². The number of amides is 2. The SMILES string of the molecule is O=C(O)C1=C(CSc2nc(CO)ns2)CS[C@@H]2C(NC(=O)C(=NOC(F)F)c3csc(NC(c4ccccc4)(c4ccccc4)c4ccccc4)n3)C(=O)N12. The maximum absolute atomic E-state index is 13.7. The maximum Gasteiger partial charge on any atom is 0.407 e. The standard InChI is InChI=1S/C36H29F2N7O6S4/c37-33(38)51-43-26(29(47)41-27-30(48)45-28(32(49)50)20(17-52-31(27)45)18-54-35-40-25(16-46)44-55-35)24-19-53-34(39-24)42-36(21-10-4-1-5-11-21,22-12-6-2-7-13-22)23-14-8-3-9-15-23/h1-15,19,27,31,33,46H,16-18H2,(H,39,42)(H,41,47)(H,49,50)/t27?,31-/m1/s1. The Bertz CT molecular complexity index is 2150. The summed E-state index contributed by atoms with van der Waals surface area (Å²) < 4.78 is 31.1. The smallest absolute Gasteiger partial charge is 0.407 e. The molecule has 55 heavy (non-hydrogen) atoms. The zero-order valence-electron chi connectivity index (χ0n) is 28.2. The fraction of sp³-hybridized carbons (Fsp3) is 0.194. The molecular formula is C36H29F2N7O6S4. The van der Waals surface area contributed by atoms with E-state index in [1.807, 2.05) is 91.0 Å². The number of aliphatic hydroxyl groups excluding tert-OH is 1. The number of nitrogens with one attached hydrogen (secondary N) is 2. The minimum absolute atomic E-state index is 0.0971. The van der Waals surface area contributed by atoms with Crippen LogP contribution in [0.2, 0.25) is 0 Å². The van der Waals surface area contributed by atoms with Crippen LogP contribution in [0, 0.1) is 0 Å². The number of nitrogens with zero attached hydrogens (tertiary/aromatic N) is 5. The number of halogens is 2. The van der Waals surface area contributed by atoms with Crippen molar-refractivity contribution in [3.05, 3.63) is 136 Å². The van der Waals surface area contributed by atoms with E-state index < -0.39 is 47.1 Å². The van der Waals surface area contributed by atoms with E-state index in [2.05, 4.69) is 35.0 Å². The number of thiazole rings is 1. The van der Waals surface area contributed by atoms with Crippen molar-refractivity contribution >= 4 is 75.0 Å². The van der Waals surface area contributed by atoms with Crippen molar-refractivity contribution in [2.45, 2.75) is 34.5 Å². The predicted octanol–water partition coefficient (Wildman–Crippen LogP) is 5.37. The van der Waals surface area contributed by atoms with E-state index in [1.54, 1.807) is 0 Å². The number of rotatable bonds is 15. The highest BCUT2D eigenvalue weighted by molar-refractivity contribution is 8.01. The van der Waals surface area contributed by atoms with Gasteiger partial charge in [0.25, 0.3) is 11.8 Å². The minimum Gasteiger partial charge on any atom is -0.477 e. The van der Waals surface area contributed by atoms with E-state index in [9.17, 15) is 33.4 Å². The number of aromatic nitrogens is 3. The average molecular weight is 822 g/mol. The van der Waals surface area contributed by atoms with Crippen LogP contribution in [0.4, 0.5) is 13.9 Å². The van der Waals surface area contributed by atoms with Crippen LogP contribution < -0.4 is 10.6 Å². The predicted molar refractivity (Wildman–Crippen MR) is 205 cm³/mol. The number of benzene rings is 3. The van der Waals surface area contributed by atoms with Gasteiger partial charge < -0.3 is 25.7 Å². The first-order chi connectivity index (χ1) is 26.7. The number of carboxylic acids is 1. The highest BCUT2D eigenvalue weighted by atomic mass is 32.2. The van der Waals surface area contributed by atoms with Gasteiger partial charge in [0, 0.05) is 16.9 Å². The lowest BCUT2D eigenvalue weighted by molar-refractivity contribution is -0.150. The molecule has 0 spiro atoms. The molecule has 0 aliphatic carbocycles. The van der Waals surface area contributed by atoms with Gasteiger partial charge in [-0.15, -0.1) is 23.1 Å². The van der Waals surface area contributed by atoms with E-state index in [4.69, 9.17) is 0 Å². The molecule has 5 aromatic rings. The molecule has 4 heterocycles. The third-order valence-corrected chi connectivity index (χ3v) is 12.7. The summed E-state index contributed by atoms with van der Waals surface area (Å²) in [7, 11) is 0. The molecule has 282 valence electrons. The number of aliphatic hydroxyl groups is 1. The van der Waals surface area contributed by atoms with Gasteiger partial charge in [0.05, 0.1) is 0 Å². The van der Waals surface area contributed by atoms with Gasteiger partial charge in [0.1, 0.15) is 35.0 Å². The van der Waals surface area contributed by atoms with Crippen molar-refractivity contribution < 1.29 is 38.2 Å². The Morgan fingerprint density at radius 2 is 1.62 bits per heavy atom. The van der Waals surface area contributed by atoms with Crippen LogP contribution in [0.25, 0.3) is 0 Å². The molecule has 2 aromatic heterocycles. The second-order valence-corrected chi connectivity index (χ2v) is 15.8. The third-order valence-electron chi connectivity index (χ3n) is 8.60. The van der Waals surface area contributed by atoms with Crippen molar-refractivity contribution in [3.8, 4) is 0 Å². The van der Waals surface area contributed by atoms with Crippen molar-refractivity contribution in [3.63, 3.8) is 0 Å². The van der Waals surface area contributed by atoms with Gasteiger partial charge in [0.15, 0.2) is 21.0 Å². The topological polar surface area (TPSA) is 179 Å². The highest BCUT2D eigenvalue weighted by Gasteiger charge is 2.54. The number of alkyl halides is 2. The third kappa shape index (κ3) is 7.83. The maximum atomic E-state index is 13.7. The van der Waals surface area contributed by atoms with E-state index in [0.29, 0.717) is 15.0 Å². The molecule has 1 saturated heterocycles. The van der Waals surface area contributed by atoms with Gasteiger partial charge in [-0.1, -0.05) is 108 Å². The first kappa shape index (κ1) is 38.1. The molecule has 0 bridgehead atoms. The van der Waals surface area contributed by atoms with Crippen LogP contribution in [0.5, 0.6) is 0 Å². The average Bonchev–Trinajstić information content (AvgIpc) is 3.88. The number of carbonyl (C=O) groups is 3. The van der Waals surface area contributed by atoms with Gasteiger partial charge in [0.2, 0.25) is 0 Å². The van der Waals surface area contributed by atoms with Crippen molar-refractivity contribution in [1.29, 1.82) is 0 Å². The Hall–Kier alpha value is -5.21. The fourth-order valence-electron chi connectivity index (χ4n) is 6.19. The molecule has 2 aliphatic rings. The summed E-state index contributed by atoms with van der Waals surface area (Å²) in [5.41, 5.74) is 1.21. The van der Waals surface area contributed by atoms with Gasteiger partial charge in [-0.05, 0) is 33.8 Å². The molecule has 13 nitrogen and oxygen atoms in total. The number of carbonyl (C=O) groups excluding carboxylic acids is 2. The number of oxime groups is 1. The Morgan fingerprint density at radius 1 is 1.00 bits per heavy atom. The Morgan fingerprint density at radius 3 is 2.16 bits per heavy atom. The molecule has 2 aliphatic heterocycles. The Labute approximate surface area is 328 Å². The summed E-state index contributed by atoms with van der Waals surface area (Å²) in [6.45, 7) is -3.68. The molecule has 2 amide bonds. The summed E-state index contributed by atoms with van der Waals surface area (Å²) in [6.07, 6.45) is 0. The van der Waals surface area contributed by atoms with Crippen LogP contribution in [0.3, 0.4) is 0 Å². The summed E-state index contributed by atoms with van der Waals surface area (Å²) >= 11 is 4.63. The summed E-state index contributed by atoms with van der Waals surface area (Å²) in [5.74, 6) is -2.36. The van der Waals surface area contributed by atoms with Gasteiger partial charge in [-0.25, -0.2) is 14.8 Å².